The number of likely N-dealkylation sites (N-methyl/N-ethyl adjacent to an activating group) is 1. The van der Waals surface area contributed by atoms with Crippen LogP contribution in [0.15, 0.2) is 60.8 Å². The number of rotatable bonds is 5. The Kier molecular flexibility index (Phi) is 5.97. The van der Waals surface area contributed by atoms with Crippen LogP contribution in [0.5, 0.6) is 0 Å². The highest BCUT2D eigenvalue weighted by Gasteiger charge is 2.48. The van der Waals surface area contributed by atoms with Crippen LogP contribution in [0, 0.1) is 0 Å². The summed E-state index contributed by atoms with van der Waals surface area (Å²) in [5.74, 6) is 1.45. The first kappa shape index (κ1) is 22.8. The summed E-state index contributed by atoms with van der Waals surface area (Å²) in [7, 11) is 2.17. The number of fused-ring (bicyclic) bond motifs is 1. The molecule has 0 saturated carbocycles. The fourth-order valence-electron chi connectivity index (χ4n) is 5.57. The number of hydrogen-bond acceptors (Lipinski definition) is 7. The third-order valence-corrected chi connectivity index (χ3v) is 7.65. The number of amides is 1. The highest BCUT2D eigenvalue weighted by Crippen LogP contribution is 2.38. The SMILES string of the molecule is CN1CCN(c2ccc(Nc3ncc4c(n3)NC3(CCCN(Cc5ccccc5)C3=O)C4)cc2)CC1. The molecule has 6 rings (SSSR count). The molecule has 36 heavy (non-hydrogen) atoms. The molecule has 2 saturated heterocycles. The van der Waals surface area contributed by atoms with Crippen LogP contribution in [0.4, 0.5) is 23.1 Å². The van der Waals surface area contributed by atoms with Crippen LogP contribution in [0.3, 0.4) is 0 Å². The van der Waals surface area contributed by atoms with E-state index in [1.807, 2.05) is 29.3 Å². The van der Waals surface area contributed by atoms with Gasteiger partial charge in [-0.05, 0) is 49.7 Å². The molecule has 1 unspecified atom stereocenters. The summed E-state index contributed by atoms with van der Waals surface area (Å²) < 4.78 is 0. The van der Waals surface area contributed by atoms with E-state index in [2.05, 4.69) is 68.9 Å². The average molecular weight is 484 g/mol. The zero-order valence-corrected chi connectivity index (χ0v) is 20.8. The van der Waals surface area contributed by atoms with Gasteiger partial charge in [-0.3, -0.25) is 4.79 Å². The van der Waals surface area contributed by atoms with Gasteiger partial charge in [-0.15, -0.1) is 0 Å². The van der Waals surface area contributed by atoms with Crippen LogP contribution < -0.4 is 15.5 Å². The van der Waals surface area contributed by atoms with Gasteiger partial charge in [-0.2, -0.15) is 4.98 Å². The quantitative estimate of drug-likeness (QED) is 0.575. The molecular weight excluding hydrogens is 450 g/mol. The number of aromatic nitrogens is 2. The third-order valence-electron chi connectivity index (χ3n) is 7.65. The van der Waals surface area contributed by atoms with Gasteiger partial charge in [0.1, 0.15) is 11.4 Å². The summed E-state index contributed by atoms with van der Waals surface area (Å²) in [6, 6.07) is 18.6. The smallest absolute Gasteiger partial charge is 0.248 e. The maximum absolute atomic E-state index is 13.6. The maximum Gasteiger partial charge on any atom is 0.248 e. The molecule has 3 aliphatic rings. The number of carbonyl (C=O) groups is 1. The van der Waals surface area contributed by atoms with Crippen LogP contribution in [0.25, 0.3) is 0 Å². The first-order valence-corrected chi connectivity index (χ1v) is 12.9. The second-order valence-electron chi connectivity index (χ2n) is 10.2. The largest absolute Gasteiger partial charge is 0.369 e. The number of likely N-dealkylation sites (tertiary alicyclic amines) is 1. The Balaban J connectivity index is 1.13. The predicted octanol–water partition coefficient (Wildman–Crippen LogP) is 3.50. The molecule has 8 heteroatoms. The lowest BCUT2D eigenvalue weighted by Crippen LogP contribution is -2.56. The second-order valence-corrected chi connectivity index (χ2v) is 10.2. The molecule has 4 heterocycles. The van der Waals surface area contributed by atoms with Gasteiger partial charge in [0.25, 0.3) is 0 Å². The average Bonchev–Trinajstić information content (AvgIpc) is 3.27. The van der Waals surface area contributed by atoms with Crippen molar-refractivity contribution in [1.82, 2.24) is 19.8 Å². The monoisotopic (exact) mass is 483 g/mol. The van der Waals surface area contributed by atoms with Crippen LogP contribution in [0.2, 0.25) is 0 Å². The predicted molar refractivity (Wildman–Crippen MR) is 143 cm³/mol. The summed E-state index contributed by atoms with van der Waals surface area (Å²) in [6.07, 6.45) is 4.27. The van der Waals surface area contributed by atoms with E-state index in [1.54, 1.807) is 0 Å². The summed E-state index contributed by atoms with van der Waals surface area (Å²) in [5, 5.41) is 6.83. The highest BCUT2D eigenvalue weighted by atomic mass is 16.2. The van der Waals surface area contributed by atoms with E-state index in [9.17, 15) is 4.79 Å². The molecule has 2 fully saturated rings. The third kappa shape index (κ3) is 4.48. The molecule has 2 N–H and O–H groups in total. The minimum atomic E-state index is -0.618. The summed E-state index contributed by atoms with van der Waals surface area (Å²) >= 11 is 0. The van der Waals surface area contributed by atoms with Gasteiger partial charge in [0, 0.05) is 68.8 Å². The van der Waals surface area contributed by atoms with E-state index in [4.69, 9.17) is 4.98 Å². The highest BCUT2D eigenvalue weighted by molar-refractivity contribution is 5.92. The summed E-state index contributed by atoms with van der Waals surface area (Å²) in [4.78, 5) is 29.6. The van der Waals surface area contributed by atoms with Crippen LogP contribution in [-0.4, -0.2) is 71.0 Å². The molecule has 0 radical (unpaired) electrons. The number of nitrogens with one attached hydrogen (secondary N) is 2. The standard InChI is InChI=1S/C28H33N7O/c1-33-14-16-34(17-15-33)24-10-8-23(9-11-24)30-27-29-19-22-18-28(32-25(22)31-27)12-5-13-35(26(28)36)20-21-6-3-2-4-7-21/h2-4,6-11,19H,5,12-18,20H2,1H3,(H2,29,30,31,32). The van der Waals surface area contributed by atoms with Gasteiger partial charge < -0.3 is 25.3 Å². The molecule has 8 nitrogen and oxygen atoms in total. The Morgan fingerprint density at radius 2 is 1.78 bits per heavy atom. The molecule has 1 amide bonds. The molecule has 0 bridgehead atoms. The van der Waals surface area contributed by atoms with Crippen molar-refractivity contribution in [2.45, 2.75) is 31.3 Å². The van der Waals surface area contributed by atoms with Gasteiger partial charge in [0.15, 0.2) is 0 Å². The lowest BCUT2D eigenvalue weighted by atomic mass is 9.85. The molecule has 1 spiro atoms. The first-order chi connectivity index (χ1) is 17.6. The van der Waals surface area contributed by atoms with Crippen molar-refractivity contribution >= 4 is 29.0 Å². The van der Waals surface area contributed by atoms with Crippen molar-refractivity contribution in [3.8, 4) is 0 Å². The van der Waals surface area contributed by atoms with Crippen LogP contribution in [0.1, 0.15) is 24.0 Å². The van der Waals surface area contributed by atoms with E-state index < -0.39 is 5.54 Å². The Morgan fingerprint density at radius 1 is 1.00 bits per heavy atom. The van der Waals surface area contributed by atoms with Crippen molar-refractivity contribution in [3.05, 3.63) is 71.9 Å². The van der Waals surface area contributed by atoms with Crippen molar-refractivity contribution in [1.29, 1.82) is 0 Å². The fourth-order valence-corrected chi connectivity index (χ4v) is 5.57. The minimum Gasteiger partial charge on any atom is -0.369 e. The normalized spacial score (nSPS) is 22.0. The summed E-state index contributed by atoms with van der Waals surface area (Å²) in [5.41, 5.74) is 3.72. The zero-order valence-electron chi connectivity index (χ0n) is 20.8. The van der Waals surface area contributed by atoms with E-state index >= 15 is 0 Å². The molecule has 186 valence electrons. The van der Waals surface area contributed by atoms with Crippen LogP contribution >= 0.6 is 0 Å². The van der Waals surface area contributed by atoms with E-state index in [0.29, 0.717) is 18.9 Å². The Bertz CT molecular complexity index is 1220. The van der Waals surface area contributed by atoms with Crippen molar-refractivity contribution in [3.63, 3.8) is 0 Å². The molecule has 3 aliphatic heterocycles. The Labute approximate surface area is 212 Å². The number of carbonyl (C=O) groups excluding carboxylic acids is 1. The number of hydrogen-bond donors (Lipinski definition) is 2. The van der Waals surface area contributed by atoms with E-state index in [1.165, 1.54) is 5.69 Å². The Morgan fingerprint density at radius 3 is 2.56 bits per heavy atom. The van der Waals surface area contributed by atoms with E-state index in [-0.39, 0.29) is 5.91 Å². The van der Waals surface area contributed by atoms with E-state index in [0.717, 1.165) is 68.2 Å². The minimum absolute atomic E-state index is 0.157. The number of piperidine rings is 1. The van der Waals surface area contributed by atoms with Crippen molar-refractivity contribution in [2.24, 2.45) is 0 Å². The van der Waals surface area contributed by atoms with Gasteiger partial charge in [0.2, 0.25) is 11.9 Å². The Hall–Kier alpha value is -3.65. The van der Waals surface area contributed by atoms with Gasteiger partial charge in [-0.25, -0.2) is 4.98 Å². The van der Waals surface area contributed by atoms with Crippen molar-refractivity contribution < 1.29 is 4.79 Å². The van der Waals surface area contributed by atoms with Gasteiger partial charge >= 0.3 is 0 Å². The lowest BCUT2D eigenvalue weighted by Gasteiger charge is -2.39. The molecule has 0 aliphatic carbocycles. The topological polar surface area (TPSA) is 76.6 Å². The van der Waals surface area contributed by atoms with Crippen LogP contribution in [-0.2, 0) is 17.8 Å². The fraction of sp³-hybridized carbons (Fsp3) is 0.393. The number of benzene rings is 2. The second kappa shape index (κ2) is 9.43. The number of nitrogens with zero attached hydrogens (tertiary/aromatic N) is 5. The maximum atomic E-state index is 13.6. The lowest BCUT2D eigenvalue weighted by molar-refractivity contribution is -0.139. The zero-order chi connectivity index (χ0) is 24.5. The van der Waals surface area contributed by atoms with Crippen molar-refractivity contribution in [2.75, 3.05) is 55.3 Å². The van der Waals surface area contributed by atoms with Gasteiger partial charge in [0.05, 0.1) is 0 Å². The molecule has 1 aromatic heterocycles. The summed E-state index contributed by atoms with van der Waals surface area (Å²) in [6.45, 7) is 5.70. The number of piperazine rings is 1. The molecule has 1 atom stereocenters. The molecule has 2 aromatic carbocycles. The molecular formula is C28H33N7O. The first-order valence-electron chi connectivity index (χ1n) is 12.9. The van der Waals surface area contributed by atoms with Gasteiger partial charge in [-0.1, -0.05) is 30.3 Å². The number of anilines is 4. The molecule has 3 aromatic rings.